The fraction of sp³-hybridized carbons (Fsp3) is 0.516. The molecule has 0 radical (unpaired) electrons. The number of nitrogens with one attached hydrogen (secondary N) is 1. The van der Waals surface area contributed by atoms with Crippen LogP contribution in [0.2, 0.25) is 18.1 Å². The van der Waals surface area contributed by atoms with Gasteiger partial charge in [-0.15, -0.1) is 0 Å². The number of aliphatic carboxylic acids is 1. The van der Waals surface area contributed by atoms with E-state index in [1.165, 1.54) is 0 Å². The second kappa shape index (κ2) is 13.3. The Hall–Kier alpha value is -3.15. The van der Waals surface area contributed by atoms with E-state index in [9.17, 15) is 20.0 Å². The van der Waals surface area contributed by atoms with E-state index in [1.807, 2.05) is 30.3 Å². The monoisotopic (exact) mass is 552 g/mol. The van der Waals surface area contributed by atoms with Crippen LogP contribution in [-0.2, 0) is 26.8 Å². The third kappa shape index (κ3) is 10.2. The first-order chi connectivity index (χ1) is 18.0. The van der Waals surface area contributed by atoms with Crippen molar-refractivity contribution in [2.45, 2.75) is 96.7 Å². The molecule has 0 aliphatic carbocycles. The molecule has 0 unspecified atom stereocenters. The summed E-state index contributed by atoms with van der Waals surface area (Å²) >= 11 is 0. The Balaban J connectivity index is 2.52. The highest BCUT2D eigenvalue weighted by Gasteiger charge is 2.42. The quantitative estimate of drug-likeness (QED) is 0.300. The highest BCUT2D eigenvalue weighted by atomic mass is 28.4. The van der Waals surface area contributed by atoms with Crippen LogP contribution >= 0.6 is 0 Å². The van der Waals surface area contributed by atoms with Gasteiger partial charge < -0.3 is 19.6 Å². The van der Waals surface area contributed by atoms with Crippen LogP contribution in [0.5, 0.6) is 0 Å². The predicted octanol–water partition coefficient (Wildman–Crippen LogP) is 6.72. The maximum Gasteiger partial charge on any atom is 0.407 e. The molecule has 0 aliphatic rings. The second-order valence-corrected chi connectivity index (χ2v) is 17.4. The van der Waals surface area contributed by atoms with Crippen molar-refractivity contribution >= 4 is 20.4 Å². The van der Waals surface area contributed by atoms with Gasteiger partial charge in [0.15, 0.2) is 8.32 Å². The molecule has 0 bridgehead atoms. The average Bonchev–Trinajstić information content (AvgIpc) is 2.81. The first kappa shape index (κ1) is 32.1. The van der Waals surface area contributed by atoms with E-state index in [2.05, 4.69) is 45.3 Å². The normalized spacial score (nSPS) is 14.5. The van der Waals surface area contributed by atoms with E-state index < -0.39 is 44.0 Å². The average molecular weight is 553 g/mol. The van der Waals surface area contributed by atoms with Crippen molar-refractivity contribution in [1.29, 1.82) is 5.26 Å². The van der Waals surface area contributed by atoms with Crippen molar-refractivity contribution in [3.63, 3.8) is 0 Å². The maximum atomic E-state index is 13.0. The number of alkyl carbamates (subject to hydrolysis) is 1. The summed E-state index contributed by atoms with van der Waals surface area (Å²) in [6.45, 7) is 16.0. The number of carboxylic acids is 1. The molecular formula is C31H44N2O5Si. The first-order valence-electron chi connectivity index (χ1n) is 13.4. The third-order valence-corrected chi connectivity index (χ3v) is 11.7. The number of hydrogen-bond acceptors (Lipinski definition) is 5. The van der Waals surface area contributed by atoms with Crippen molar-refractivity contribution in [3.05, 3.63) is 71.3 Å². The first-order valence-corrected chi connectivity index (χ1v) is 16.4. The number of benzene rings is 2. The van der Waals surface area contributed by atoms with Crippen LogP contribution in [0.3, 0.4) is 0 Å². The van der Waals surface area contributed by atoms with Crippen LogP contribution in [0.1, 0.15) is 64.7 Å². The van der Waals surface area contributed by atoms with Crippen molar-refractivity contribution < 1.29 is 23.9 Å². The van der Waals surface area contributed by atoms with Gasteiger partial charge in [-0.1, -0.05) is 69.3 Å². The van der Waals surface area contributed by atoms with E-state index in [0.29, 0.717) is 17.5 Å². The van der Waals surface area contributed by atoms with Gasteiger partial charge in [-0.3, -0.25) is 4.79 Å². The van der Waals surface area contributed by atoms with E-state index in [-0.39, 0.29) is 17.9 Å². The minimum Gasteiger partial charge on any atom is -0.481 e. The SMILES string of the molecule is CC(C)(C)OC(=O)N[C@@H](Cc1ccccc1)[C@H](C[C@@H](Cc1ccccc1C#N)C(=O)O)O[Si](C)(C)C(C)(C)C. The summed E-state index contributed by atoms with van der Waals surface area (Å²) in [7, 11) is -2.39. The minimum atomic E-state index is -2.39. The van der Waals surface area contributed by atoms with Crippen molar-refractivity contribution in [2.75, 3.05) is 0 Å². The number of amides is 1. The fourth-order valence-electron chi connectivity index (χ4n) is 4.08. The molecule has 39 heavy (non-hydrogen) atoms. The number of nitriles is 1. The number of hydrogen-bond donors (Lipinski definition) is 2. The summed E-state index contributed by atoms with van der Waals surface area (Å²) in [6, 6.07) is 18.4. The Bertz CT molecular complexity index is 1150. The molecule has 2 N–H and O–H groups in total. The molecule has 0 spiro atoms. The second-order valence-electron chi connectivity index (χ2n) is 12.6. The number of nitrogens with zero attached hydrogens (tertiary/aromatic N) is 1. The minimum absolute atomic E-state index is 0.138. The molecule has 0 aliphatic heterocycles. The van der Waals surface area contributed by atoms with E-state index in [1.54, 1.807) is 45.0 Å². The Kier molecular flexibility index (Phi) is 10.9. The van der Waals surface area contributed by atoms with Gasteiger partial charge in [0.05, 0.1) is 29.7 Å². The maximum absolute atomic E-state index is 13.0. The topological polar surface area (TPSA) is 109 Å². The number of carboxylic acid groups (broad SMARTS) is 1. The van der Waals surface area contributed by atoms with Gasteiger partial charge in [0.2, 0.25) is 0 Å². The third-order valence-electron chi connectivity index (χ3n) is 7.17. The molecule has 1 amide bonds. The van der Waals surface area contributed by atoms with Crippen LogP contribution in [-0.4, -0.2) is 43.2 Å². The Morgan fingerprint density at radius 3 is 2.10 bits per heavy atom. The highest BCUT2D eigenvalue weighted by molar-refractivity contribution is 6.74. The summed E-state index contributed by atoms with van der Waals surface area (Å²) in [5.74, 6) is -1.80. The van der Waals surface area contributed by atoms with Gasteiger partial charge in [0.25, 0.3) is 0 Å². The summed E-state index contributed by atoms with van der Waals surface area (Å²) in [6.07, 6.45) is -0.390. The summed E-state index contributed by atoms with van der Waals surface area (Å²) in [5, 5.41) is 22.7. The Morgan fingerprint density at radius 2 is 1.56 bits per heavy atom. The zero-order valence-corrected chi connectivity index (χ0v) is 25.6. The van der Waals surface area contributed by atoms with Gasteiger partial charge >= 0.3 is 12.1 Å². The number of rotatable bonds is 11. The van der Waals surface area contributed by atoms with Crippen LogP contribution < -0.4 is 5.32 Å². The molecule has 7 nitrogen and oxygen atoms in total. The number of carbonyl (C=O) groups excluding carboxylic acids is 1. The molecule has 212 valence electrons. The summed E-state index contributed by atoms with van der Waals surface area (Å²) < 4.78 is 12.5. The number of carbonyl (C=O) groups is 2. The van der Waals surface area contributed by atoms with Crippen molar-refractivity contribution in [3.8, 4) is 6.07 Å². The van der Waals surface area contributed by atoms with Gasteiger partial charge in [0, 0.05) is 0 Å². The van der Waals surface area contributed by atoms with Gasteiger partial charge in [-0.05, 0) is 75.4 Å². The predicted molar refractivity (Wildman–Crippen MR) is 156 cm³/mol. The lowest BCUT2D eigenvalue weighted by Gasteiger charge is -2.42. The zero-order chi connectivity index (χ0) is 29.4. The lowest BCUT2D eigenvalue weighted by molar-refractivity contribution is -0.142. The molecule has 0 heterocycles. The summed E-state index contributed by atoms with van der Waals surface area (Å²) in [4.78, 5) is 25.5. The fourth-order valence-corrected chi connectivity index (χ4v) is 5.45. The lowest BCUT2D eigenvalue weighted by Crippen LogP contribution is -2.54. The molecule has 2 rings (SSSR count). The van der Waals surface area contributed by atoms with E-state index in [0.717, 1.165) is 5.56 Å². The summed E-state index contributed by atoms with van der Waals surface area (Å²) in [5.41, 5.74) is 1.43. The zero-order valence-electron chi connectivity index (χ0n) is 24.6. The van der Waals surface area contributed by atoms with Crippen molar-refractivity contribution in [1.82, 2.24) is 5.32 Å². The Labute approximate surface area is 234 Å². The molecule has 2 aromatic carbocycles. The van der Waals surface area contributed by atoms with Gasteiger partial charge in [-0.25, -0.2) is 4.79 Å². The lowest BCUT2D eigenvalue weighted by atomic mass is 9.88. The smallest absolute Gasteiger partial charge is 0.407 e. The molecule has 0 aromatic heterocycles. The van der Waals surface area contributed by atoms with Gasteiger partial charge in [-0.2, -0.15) is 5.26 Å². The highest BCUT2D eigenvalue weighted by Crippen LogP contribution is 2.39. The van der Waals surface area contributed by atoms with Crippen LogP contribution in [0.25, 0.3) is 0 Å². The number of ether oxygens (including phenoxy) is 1. The Morgan fingerprint density at radius 1 is 0.974 bits per heavy atom. The molecular weight excluding hydrogens is 508 g/mol. The standard InChI is InChI=1S/C31H44N2O5Si/c1-30(2,3)37-29(36)33-26(18-22-14-10-9-11-15-22)27(38-39(7,8)31(4,5)6)20-25(28(34)35)19-23-16-12-13-17-24(23)21-32/h9-17,25-27H,18-20H2,1-8H3,(H,33,36)(H,34,35)/t25-,26+,27+/m1/s1. The van der Waals surface area contributed by atoms with Crippen LogP contribution in [0.15, 0.2) is 54.6 Å². The van der Waals surface area contributed by atoms with E-state index in [4.69, 9.17) is 9.16 Å². The van der Waals surface area contributed by atoms with Crippen LogP contribution in [0, 0.1) is 17.2 Å². The van der Waals surface area contributed by atoms with E-state index >= 15 is 0 Å². The molecule has 2 aromatic rings. The van der Waals surface area contributed by atoms with Crippen molar-refractivity contribution in [2.24, 2.45) is 5.92 Å². The molecule has 0 saturated heterocycles. The molecule has 0 saturated carbocycles. The molecule has 0 fully saturated rings. The largest absolute Gasteiger partial charge is 0.481 e. The molecule has 8 heteroatoms. The molecule has 3 atom stereocenters. The van der Waals surface area contributed by atoms with Crippen LogP contribution in [0.4, 0.5) is 4.79 Å². The van der Waals surface area contributed by atoms with Gasteiger partial charge in [0.1, 0.15) is 5.60 Å².